The average molecular weight is 378 g/mol. The minimum atomic E-state index is -2.52. The zero-order valence-electron chi connectivity index (χ0n) is 14.4. The van der Waals surface area contributed by atoms with Crippen molar-refractivity contribution in [2.75, 3.05) is 13.2 Å². The second kappa shape index (κ2) is 7.48. The highest BCUT2D eigenvalue weighted by Crippen LogP contribution is 2.35. The topological polar surface area (TPSA) is 29.5 Å². The predicted octanol–water partition coefficient (Wildman–Crippen LogP) is 4.69. The molecule has 1 aliphatic carbocycles. The number of benzene rings is 1. The molecule has 0 aromatic heterocycles. The Morgan fingerprint density at radius 3 is 2.85 bits per heavy atom. The molecule has 3 rings (SSSR count). The van der Waals surface area contributed by atoms with Crippen molar-refractivity contribution in [2.24, 2.45) is 0 Å². The highest BCUT2D eigenvalue weighted by molar-refractivity contribution is 6.33. The van der Waals surface area contributed by atoms with Crippen LogP contribution in [0.15, 0.2) is 58.3 Å². The third kappa shape index (κ3) is 3.59. The van der Waals surface area contributed by atoms with Gasteiger partial charge in [-0.2, -0.15) is 0 Å². The number of hydrogen-bond acceptors (Lipinski definition) is 2. The normalized spacial score (nSPS) is 17.5. The predicted molar refractivity (Wildman–Crippen MR) is 96.4 cm³/mol. The molecule has 6 heteroatoms. The van der Waals surface area contributed by atoms with Gasteiger partial charge >= 0.3 is 0 Å². The first-order valence-electron chi connectivity index (χ1n) is 8.22. The largest absolute Gasteiger partial charge is 0.487 e. The highest BCUT2D eigenvalue weighted by Gasteiger charge is 2.34. The number of ether oxygens (including phenoxy) is 1. The van der Waals surface area contributed by atoms with E-state index >= 15 is 0 Å². The molecule has 1 heterocycles. The Bertz CT molecular complexity index is 867. The molecule has 2 aliphatic rings. The smallest absolute Gasteiger partial charge is 0.272 e. The lowest BCUT2D eigenvalue weighted by atomic mass is 10.0. The number of amides is 1. The molecule has 1 atom stereocenters. The second-order valence-electron chi connectivity index (χ2n) is 6.22. The molecular formula is C20H18ClF2NO2. The molecule has 0 saturated heterocycles. The lowest BCUT2D eigenvalue weighted by Crippen LogP contribution is -2.30. The van der Waals surface area contributed by atoms with Crippen LogP contribution in [0.25, 0.3) is 0 Å². The van der Waals surface area contributed by atoms with Gasteiger partial charge in [-0.25, -0.2) is 8.78 Å². The molecule has 1 aliphatic heterocycles. The Morgan fingerprint density at radius 2 is 2.15 bits per heavy atom. The zero-order valence-corrected chi connectivity index (χ0v) is 15.2. The van der Waals surface area contributed by atoms with Crippen LogP contribution >= 0.6 is 11.6 Å². The number of rotatable bonds is 5. The summed E-state index contributed by atoms with van der Waals surface area (Å²) < 4.78 is 29.7. The number of carbonyl (C=O) groups is 1. The van der Waals surface area contributed by atoms with E-state index in [1.54, 1.807) is 42.2 Å². The summed E-state index contributed by atoms with van der Waals surface area (Å²) in [5.74, 6) is 0.319. The van der Waals surface area contributed by atoms with Crippen LogP contribution in [0.1, 0.15) is 24.1 Å². The first kappa shape index (κ1) is 18.4. The van der Waals surface area contributed by atoms with Gasteiger partial charge in [0.1, 0.15) is 12.4 Å². The summed E-state index contributed by atoms with van der Waals surface area (Å²) in [6.45, 7) is 3.50. The van der Waals surface area contributed by atoms with E-state index in [0.29, 0.717) is 22.9 Å². The van der Waals surface area contributed by atoms with Crippen LogP contribution in [0.2, 0.25) is 0 Å². The molecule has 1 aromatic carbocycles. The van der Waals surface area contributed by atoms with Crippen LogP contribution in [0.4, 0.5) is 8.78 Å². The van der Waals surface area contributed by atoms with E-state index in [-0.39, 0.29) is 11.9 Å². The van der Waals surface area contributed by atoms with Crippen LogP contribution in [-0.2, 0) is 4.79 Å². The van der Waals surface area contributed by atoms with E-state index in [1.807, 2.05) is 13.0 Å². The van der Waals surface area contributed by atoms with Crippen molar-refractivity contribution >= 4 is 17.5 Å². The lowest BCUT2D eigenvalue weighted by molar-refractivity contribution is -0.127. The molecule has 1 unspecified atom stereocenters. The third-order valence-electron chi connectivity index (χ3n) is 4.50. The fourth-order valence-corrected chi connectivity index (χ4v) is 3.28. The van der Waals surface area contributed by atoms with Gasteiger partial charge in [-0.3, -0.25) is 4.79 Å². The monoisotopic (exact) mass is 377 g/mol. The van der Waals surface area contributed by atoms with Gasteiger partial charge in [0.25, 0.3) is 12.3 Å². The van der Waals surface area contributed by atoms with Crippen molar-refractivity contribution in [1.82, 2.24) is 4.90 Å². The van der Waals surface area contributed by atoms with Gasteiger partial charge in [0.05, 0.1) is 11.6 Å². The summed E-state index contributed by atoms with van der Waals surface area (Å²) in [5, 5.41) is 0.538. The zero-order chi connectivity index (χ0) is 18.8. The number of hydrogen-bond donors (Lipinski definition) is 0. The number of allylic oxidation sites excluding steroid dienone is 1. The Hall–Kier alpha value is -2.36. The summed E-state index contributed by atoms with van der Waals surface area (Å²) in [4.78, 5) is 14.5. The molecule has 0 N–H and O–H groups in total. The second-order valence-corrected chi connectivity index (χ2v) is 6.63. The number of carbonyl (C=O) groups excluding carboxylic acids is 1. The molecule has 0 bridgehead atoms. The van der Waals surface area contributed by atoms with Gasteiger partial charge in [-0.1, -0.05) is 23.7 Å². The lowest BCUT2D eigenvalue weighted by Gasteiger charge is -2.26. The summed E-state index contributed by atoms with van der Waals surface area (Å²) in [6.07, 6.45) is 2.55. The summed E-state index contributed by atoms with van der Waals surface area (Å²) in [7, 11) is 0. The van der Waals surface area contributed by atoms with Gasteiger partial charge < -0.3 is 9.64 Å². The number of aryl methyl sites for hydroxylation is 1. The molecule has 136 valence electrons. The van der Waals surface area contributed by atoms with E-state index < -0.39 is 13.0 Å². The summed E-state index contributed by atoms with van der Waals surface area (Å²) >= 11 is 6.27. The van der Waals surface area contributed by atoms with Gasteiger partial charge in [0.15, 0.2) is 0 Å². The Labute approximate surface area is 155 Å². The Morgan fingerprint density at radius 1 is 1.38 bits per heavy atom. The van der Waals surface area contributed by atoms with Crippen LogP contribution < -0.4 is 4.74 Å². The Kier molecular flexibility index (Phi) is 5.30. The van der Waals surface area contributed by atoms with Crippen molar-refractivity contribution in [3.8, 4) is 5.75 Å². The van der Waals surface area contributed by atoms with E-state index in [0.717, 1.165) is 16.7 Å². The van der Waals surface area contributed by atoms with Gasteiger partial charge in [-0.15, -0.1) is 5.73 Å². The molecule has 0 fully saturated rings. The van der Waals surface area contributed by atoms with E-state index in [4.69, 9.17) is 16.3 Å². The Balaban J connectivity index is 1.80. The summed E-state index contributed by atoms with van der Waals surface area (Å²) in [5.41, 5.74) is 5.92. The molecule has 26 heavy (non-hydrogen) atoms. The molecule has 1 aromatic rings. The van der Waals surface area contributed by atoms with Crippen molar-refractivity contribution in [3.63, 3.8) is 0 Å². The van der Waals surface area contributed by atoms with Crippen LogP contribution in [0, 0.1) is 6.92 Å². The van der Waals surface area contributed by atoms with Gasteiger partial charge in [0, 0.05) is 17.2 Å². The minimum absolute atomic E-state index is 0.0995. The molecule has 3 nitrogen and oxygen atoms in total. The van der Waals surface area contributed by atoms with Crippen molar-refractivity contribution < 1.29 is 18.3 Å². The maximum absolute atomic E-state index is 12.8. The average Bonchev–Trinajstić information content (AvgIpc) is 2.81. The van der Waals surface area contributed by atoms with E-state index in [1.165, 1.54) is 0 Å². The summed E-state index contributed by atoms with van der Waals surface area (Å²) in [6, 6.07) is 5.12. The fraction of sp³-hybridized carbons (Fsp3) is 0.300. The third-order valence-corrected chi connectivity index (χ3v) is 4.85. The number of nitrogens with zero attached hydrogens (tertiary/aromatic N) is 1. The standard InChI is InChI=1S/C20H18ClF2NO2/c1-12-9-14(7-8-18(12)26-11-19(22)23)13(2)24-10-16-15(20(24)25)5-3-4-6-17(16)21/h4-9,13,19H,10-11H2,1-2H3. The van der Waals surface area contributed by atoms with Crippen LogP contribution in [0.3, 0.4) is 0 Å². The van der Waals surface area contributed by atoms with Crippen molar-refractivity contribution in [3.05, 3.63) is 69.5 Å². The first-order chi connectivity index (χ1) is 12.4. The molecule has 0 saturated carbocycles. The van der Waals surface area contributed by atoms with E-state index in [9.17, 15) is 13.6 Å². The van der Waals surface area contributed by atoms with Crippen LogP contribution in [-0.4, -0.2) is 30.4 Å². The molecule has 0 radical (unpaired) electrons. The van der Waals surface area contributed by atoms with Gasteiger partial charge in [0.2, 0.25) is 0 Å². The molecular weight excluding hydrogens is 360 g/mol. The SMILES string of the molecule is Cc1cc(C(C)N2CC3=C(C=C=CC=C3Cl)C2=O)ccc1OCC(F)F. The maximum atomic E-state index is 12.8. The minimum Gasteiger partial charge on any atom is -0.487 e. The van der Waals surface area contributed by atoms with Crippen molar-refractivity contribution in [2.45, 2.75) is 26.3 Å². The highest BCUT2D eigenvalue weighted by atomic mass is 35.5. The van der Waals surface area contributed by atoms with E-state index in [2.05, 4.69) is 5.73 Å². The van der Waals surface area contributed by atoms with Gasteiger partial charge in [-0.05, 0) is 49.3 Å². The quantitative estimate of drug-likeness (QED) is 0.697. The number of halogens is 3. The molecule has 0 spiro atoms. The molecule has 1 amide bonds. The van der Waals surface area contributed by atoms with Crippen LogP contribution in [0.5, 0.6) is 5.75 Å². The number of alkyl halides is 2. The fourth-order valence-electron chi connectivity index (χ4n) is 3.06. The van der Waals surface area contributed by atoms with Crippen molar-refractivity contribution in [1.29, 1.82) is 0 Å². The first-order valence-corrected chi connectivity index (χ1v) is 8.60. The maximum Gasteiger partial charge on any atom is 0.272 e.